The average molecular weight is 597 g/mol. The van der Waals surface area contributed by atoms with Crippen LogP contribution in [0.15, 0.2) is 30.3 Å². The van der Waals surface area contributed by atoms with Gasteiger partial charge in [0.2, 0.25) is 6.29 Å². The van der Waals surface area contributed by atoms with Gasteiger partial charge in [-0.1, -0.05) is 0 Å². The number of hydrogen-bond acceptors (Lipinski definition) is 15. The van der Waals surface area contributed by atoms with Crippen molar-refractivity contribution in [1.29, 1.82) is 0 Å². The summed E-state index contributed by atoms with van der Waals surface area (Å²) in [4.78, 5) is 12.8. The van der Waals surface area contributed by atoms with Crippen molar-refractivity contribution in [1.82, 2.24) is 0 Å². The summed E-state index contributed by atoms with van der Waals surface area (Å²) in [5, 5.41) is 91.7. The highest BCUT2D eigenvalue weighted by Crippen LogP contribution is 2.44. The Morgan fingerprint density at radius 2 is 1.50 bits per heavy atom. The van der Waals surface area contributed by atoms with Crippen molar-refractivity contribution in [2.24, 2.45) is 0 Å². The molecule has 0 aromatic heterocycles. The van der Waals surface area contributed by atoms with Gasteiger partial charge in [-0.15, -0.1) is 0 Å². The van der Waals surface area contributed by atoms with Crippen LogP contribution in [0, 0.1) is 0 Å². The number of hydrogen-bond donors (Lipinski definition) is 9. The number of ether oxygens (including phenoxy) is 5. The third-order valence-electron chi connectivity index (χ3n) is 7.49. The van der Waals surface area contributed by atoms with E-state index in [4.69, 9.17) is 23.7 Å². The minimum atomic E-state index is -1.79. The summed E-state index contributed by atoms with van der Waals surface area (Å²) in [6.45, 7) is 0.944. The Hall–Kier alpha value is -3.25. The van der Waals surface area contributed by atoms with Crippen molar-refractivity contribution >= 4 is 5.78 Å². The van der Waals surface area contributed by atoms with Gasteiger partial charge in [-0.2, -0.15) is 0 Å². The van der Waals surface area contributed by atoms with Crippen LogP contribution in [0.5, 0.6) is 28.7 Å². The van der Waals surface area contributed by atoms with E-state index in [0.29, 0.717) is 0 Å². The maximum atomic E-state index is 12.8. The van der Waals surface area contributed by atoms with E-state index in [0.717, 1.165) is 12.1 Å². The number of Topliss-reactive ketones (excluding diaryl/α,β-unsaturated/α-hetero) is 1. The lowest BCUT2D eigenvalue weighted by molar-refractivity contribution is -0.318. The molecule has 42 heavy (non-hydrogen) atoms. The van der Waals surface area contributed by atoms with Gasteiger partial charge in [0.05, 0.1) is 19.1 Å². The highest BCUT2D eigenvalue weighted by atomic mass is 16.7. The molecular weight excluding hydrogens is 564 g/mol. The maximum absolute atomic E-state index is 12.8. The van der Waals surface area contributed by atoms with Crippen LogP contribution in [0.4, 0.5) is 0 Å². The lowest BCUT2D eigenvalue weighted by atomic mass is 9.95. The first-order valence-corrected chi connectivity index (χ1v) is 13.1. The number of fused-ring (bicyclic) bond motifs is 1. The lowest BCUT2D eigenvalue weighted by Crippen LogP contribution is -2.61. The van der Waals surface area contributed by atoms with Gasteiger partial charge in [0.15, 0.2) is 12.1 Å². The number of aromatic hydroxyl groups is 3. The van der Waals surface area contributed by atoms with E-state index in [-0.39, 0.29) is 40.5 Å². The predicted molar refractivity (Wildman–Crippen MR) is 136 cm³/mol. The number of phenolic OH excluding ortho intramolecular Hbond substituents is 3. The van der Waals surface area contributed by atoms with E-state index in [1.54, 1.807) is 0 Å². The monoisotopic (exact) mass is 596 g/mol. The zero-order chi connectivity index (χ0) is 30.5. The molecule has 5 rings (SSSR count). The van der Waals surface area contributed by atoms with Crippen LogP contribution >= 0.6 is 0 Å². The summed E-state index contributed by atoms with van der Waals surface area (Å²) in [7, 11) is 0. The second-order valence-electron chi connectivity index (χ2n) is 10.4. The molecule has 15 nitrogen and oxygen atoms in total. The molecule has 11 atom stereocenters. The quantitative estimate of drug-likeness (QED) is 0.185. The maximum Gasteiger partial charge on any atom is 0.229 e. The first-order chi connectivity index (χ1) is 19.8. The van der Waals surface area contributed by atoms with E-state index in [1.807, 2.05) is 0 Å². The number of carbonyl (C=O) groups excluding carboxylic acids is 1. The Kier molecular flexibility index (Phi) is 8.48. The Morgan fingerprint density at radius 3 is 2.21 bits per heavy atom. The lowest BCUT2D eigenvalue weighted by Gasteiger charge is -2.42. The highest BCUT2D eigenvalue weighted by molar-refractivity contribution is 6.02. The van der Waals surface area contributed by atoms with E-state index in [1.165, 1.54) is 25.1 Å². The smallest absolute Gasteiger partial charge is 0.229 e. The molecule has 2 fully saturated rings. The molecule has 0 amide bonds. The van der Waals surface area contributed by atoms with Gasteiger partial charge in [0.25, 0.3) is 0 Å². The minimum absolute atomic E-state index is 0.109. The molecule has 3 heterocycles. The molecule has 2 aromatic rings. The van der Waals surface area contributed by atoms with Crippen molar-refractivity contribution in [3.05, 3.63) is 41.5 Å². The van der Waals surface area contributed by atoms with Crippen LogP contribution in [0.25, 0.3) is 0 Å². The van der Waals surface area contributed by atoms with Crippen molar-refractivity contribution in [2.75, 3.05) is 6.61 Å². The number of phenols is 3. The molecule has 9 N–H and O–H groups in total. The molecule has 230 valence electrons. The van der Waals surface area contributed by atoms with Crippen molar-refractivity contribution in [3.8, 4) is 28.7 Å². The molecule has 3 aliphatic heterocycles. The van der Waals surface area contributed by atoms with E-state index in [2.05, 4.69) is 0 Å². The van der Waals surface area contributed by atoms with Gasteiger partial charge in [0.1, 0.15) is 83.1 Å². The van der Waals surface area contributed by atoms with Crippen LogP contribution in [0.1, 0.15) is 35.4 Å². The van der Waals surface area contributed by atoms with E-state index >= 15 is 0 Å². The molecule has 2 aromatic carbocycles. The average Bonchev–Trinajstić information content (AvgIpc) is 2.93. The van der Waals surface area contributed by atoms with Gasteiger partial charge in [-0.25, -0.2) is 0 Å². The SMILES string of the molecule is C[C@@H]1OC(OC[C@H]2O[C@@H](Oc3cc(O)c4c(c3)OC(c3ccc(O)cc3O)CC4=O)[C@H](O)[C@@H](O)[C@@H]2O)[C@H](O)[C@H](O)[C@H]1O. The summed E-state index contributed by atoms with van der Waals surface area (Å²) < 4.78 is 27.9. The number of aliphatic hydroxyl groups is 6. The molecule has 15 heteroatoms. The summed E-state index contributed by atoms with van der Waals surface area (Å²) in [6.07, 6.45) is -16.3. The van der Waals surface area contributed by atoms with Crippen LogP contribution in [0.2, 0.25) is 0 Å². The molecule has 0 bridgehead atoms. The molecule has 3 aliphatic rings. The summed E-state index contributed by atoms with van der Waals surface area (Å²) in [5.41, 5.74) is 0.0726. The summed E-state index contributed by atoms with van der Waals surface area (Å²) >= 11 is 0. The van der Waals surface area contributed by atoms with Gasteiger partial charge in [-0.3, -0.25) is 4.79 Å². The molecule has 0 spiro atoms. The summed E-state index contributed by atoms with van der Waals surface area (Å²) in [6, 6.07) is 6.08. The molecule has 0 saturated carbocycles. The normalized spacial score (nSPS) is 36.6. The third kappa shape index (κ3) is 5.70. The standard InChI is InChI=1S/C27H32O15/c1-9-20(32)22(34)24(36)26(39-9)38-8-18-21(33)23(35)25(37)27(42-18)40-11-5-14(30)19-15(31)7-16(41-17(19)6-11)12-3-2-10(28)4-13(12)29/h2-6,9,16,18,20-30,32-37H,7-8H2,1H3/t9-,16?,18+,20-,21+,22+,23-,24+,25+,26?,27+/m0/s1. The third-order valence-corrected chi connectivity index (χ3v) is 7.49. The fourth-order valence-electron chi connectivity index (χ4n) is 5.09. The number of rotatable bonds is 6. The van der Waals surface area contributed by atoms with Crippen LogP contribution in [-0.2, 0) is 14.2 Å². The van der Waals surface area contributed by atoms with Crippen LogP contribution in [0.3, 0.4) is 0 Å². The molecule has 2 saturated heterocycles. The van der Waals surface area contributed by atoms with Gasteiger partial charge >= 0.3 is 0 Å². The van der Waals surface area contributed by atoms with Crippen molar-refractivity contribution < 1.29 is 74.4 Å². The zero-order valence-electron chi connectivity index (χ0n) is 22.1. The first kappa shape index (κ1) is 30.2. The van der Waals surface area contributed by atoms with Crippen molar-refractivity contribution in [3.63, 3.8) is 0 Å². The fourth-order valence-corrected chi connectivity index (χ4v) is 5.09. The molecule has 0 aliphatic carbocycles. The van der Waals surface area contributed by atoms with Gasteiger partial charge in [-0.05, 0) is 19.1 Å². The number of carbonyl (C=O) groups is 1. The van der Waals surface area contributed by atoms with Crippen LogP contribution in [-0.4, -0.2) is 120 Å². The van der Waals surface area contributed by atoms with E-state index < -0.39 is 85.7 Å². The van der Waals surface area contributed by atoms with Crippen LogP contribution < -0.4 is 9.47 Å². The fraction of sp³-hybridized carbons (Fsp3) is 0.519. The predicted octanol–water partition coefficient (Wildman–Crippen LogP) is -1.46. The highest BCUT2D eigenvalue weighted by Gasteiger charge is 2.47. The number of ketones is 1. The largest absolute Gasteiger partial charge is 0.508 e. The molecular formula is C27H32O15. The van der Waals surface area contributed by atoms with Gasteiger partial charge < -0.3 is 69.6 Å². The number of benzene rings is 2. The van der Waals surface area contributed by atoms with Crippen molar-refractivity contribution in [2.45, 2.75) is 80.9 Å². The molecule has 0 radical (unpaired) electrons. The second-order valence-corrected chi connectivity index (χ2v) is 10.4. The van der Waals surface area contributed by atoms with E-state index in [9.17, 15) is 50.8 Å². The molecule has 2 unspecified atom stereocenters. The Bertz CT molecular complexity index is 1300. The Balaban J connectivity index is 1.31. The first-order valence-electron chi connectivity index (χ1n) is 13.1. The minimum Gasteiger partial charge on any atom is -0.508 e. The second kappa shape index (κ2) is 11.8. The topological polar surface area (TPSA) is 245 Å². The zero-order valence-corrected chi connectivity index (χ0v) is 22.1. The Labute approximate surface area is 238 Å². The summed E-state index contributed by atoms with van der Waals surface area (Å²) in [5.74, 6) is -1.77. The number of aliphatic hydroxyl groups excluding tert-OH is 6. The Morgan fingerprint density at radius 1 is 0.810 bits per heavy atom. The van der Waals surface area contributed by atoms with Gasteiger partial charge in [0, 0.05) is 23.8 Å².